The summed E-state index contributed by atoms with van der Waals surface area (Å²) in [7, 11) is 1.63. The van der Waals surface area contributed by atoms with Crippen molar-refractivity contribution in [2.75, 3.05) is 12.8 Å². The average Bonchev–Trinajstić information content (AvgIpc) is 3.04. The van der Waals surface area contributed by atoms with Crippen LogP contribution < -0.4 is 5.32 Å². The van der Waals surface area contributed by atoms with Crippen molar-refractivity contribution in [3.8, 4) is 0 Å². The SMILES string of the molecule is CNC(=O)[C@@H](CC(C)C)N1C(=O)CS[C@H]1c1ccsc1. The van der Waals surface area contributed by atoms with Crippen molar-refractivity contribution in [2.24, 2.45) is 5.92 Å². The second-order valence-electron chi connectivity index (χ2n) is 5.28. The summed E-state index contributed by atoms with van der Waals surface area (Å²) in [6, 6.07) is 1.65. The highest BCUT2D eigenvalue weighted by molar-refractivity contribution is 8.00. The lowest BCUT2D eigenvalue weighted by molar-refractivity contribution is -0.139. The molecule has 0 aliphatic carbocycles. The van der Waals surface area contributed by atoms with E-state index in [2.05, 4.69) is 24.5 Å². The van der Waals surface area contributed by atoms with Gasteiger partial charge in [-0.3, -0.25) is 9.59 Å². The van der Waals surface area contributed by atoms with Crippen molar-refractivity contribution in [3.63, 3.8) is 0 Å². The summed E-state index contributed by atoms with van der Waals surface area (Å²) in [5.74, 6) is 0.792. The largest absolute Gasteiger partial charge is 0.357 e. The Labute approximate surface area is 127 Å². The Morgan fingerprint density at radius 3 is 2.85 bits per heavy atom. The van der Waals surface area contributed by atoms with E-state index in [4.69, 9.17) is 0 Å². The summed E-state index contributed by atoms with van der Waals surface area (Å²) in [4.78, 5) is 26.2. The molecular formula is C14H20N2O2S2. The van der Waals surface area contributed by atoms with Crippen molar-refractivity contribution >= 4 is 34.9 Å². The van der Waals surface area contributed by atoms with E-state index in [0.29, 0.717) is 18.1 Å². The van der Waals surface area contributed by atoms with Gasteiger partial charge in [-0.05, 0) is 34.7 Å². The maximum absolute atomic E-state index is 12.3. The van der Waals surface area contributed by atoms with E-state index in [1.807, 2.05) is 11.4 Å². The standard InChI is InChI=1S/C14H20N2O2S2/c1-9(2)6-11(13(18)15-3)16-12(17)8-20-14(16)10-4-5-19-7-10/h4-5,7,9,11,14H,6,8H2,1-3H3,(H,15,18)/t11-,14+/m1/s1. The minimum Gasteiger partial charge on any atom is -0.357 e. The van der Waals surface area contributed by atoms with Gasteiger partial charge in [0.15, 0.2) is 0 Å². The lowest BCUT2D eigenvalue weighted by Gasteiger charge is -2.32. The van der Waals surface area contributed by atoms with Gasteiger partial charge in [-0.15, -0.1) is 11.8 Å². The molecule has 2 heterocycles. The summed E-state index contributed by atoms with van der Waals surface area (Å²) >= 11 is 3.22. The molecule has 2 amide bonds. The van der Waals surface area contributed by atoms with Crippen LogP contribution in [0.25, 0.3) is 0 Å². The predicted octanol–water partition coefficient (Wildman–Crippen LogP) is 2.48. The van der Waals surface area contributed by atoms with Crippen molar-refractivity contribution in [1.82, 2.24) is 10.2 Å². The predicted molar refractivity (Wildman–Crippen MR) is 83.7 cm³/mol. The van der Waals surface area contributed by atoms with E-state index in [9.17, 15) is 9.59 Å². The second-order valence-corrected chi connectivity index (χ2v) is 7.13. The second kappa shape index (κ2) is 6.63. The smallest absolute Gasteiger partial charge is 0.242 e. The molecular weight excluding hydrogens is 292 g/mol. The highest BCUT2D eigenvalue weighted by atomic mass is 32.2. The normalized spacial score (nSPS) is 20.5. The Bertz CT molecular complexity index is 474. The molecule has 0 unspecified atom stereocenters. The van der Waals surface area contributed by atoms with Crippen molar-refractivity contribution in [3.05, 3.63) is 22.4 Å². The van der Waals surface area contributed by atoms with Gasteiger partial charge in [0.1, 0.15) is 11.4 Å². The van der Waals surface area contributed by atoms with E-state index >= 15 is 0 Å². The van der Waals surface area contributed by atoms with Crippen LogP contribution in [0.1, 0.15) is 31.2 Å². The number of nitrogens with zero attached hydrogens (tertiary/aromatic N) is 1. The van der Waals surface area contributed by atoms with Crippen LogP contribution in [0.2, 0.25) is 0 Å². The molecule has 2 rings (SSSR count). The van der Waals surface area contributed by atoms with Gasteiger partial charge in [0.2, 0.25) is 11.8 Å². The molecule has 0 bridgehead atoms. The quantitative estimate of drug-likeness (QED) is 0.909. The van der Waals surface area contributed by atoms with Gasteiger partial charge in [0.05, 0.1) is 5.75 Å². The molecule has 1 saturated heterocycles. The molecule has 110 valence electrons. The van der Waals surface area contributed by atoms with E-state index in [-0.39, 0.29) is 23.2 Å². The van der Waals surface area contributed by atoms with Crippen LogP contribution in [-0.4, -0.2) is 35.6 Å². The molecule has 20 heavy (non-hydrogen) atoms. The number of carbonyl (C=O) groups excluding carboxylic acids is 2. The number of rotatable bonds is 5. The number of hydrogen-bond acceptors (Lipinski definition) is 4. The first kappa shape index (κ1) is 15.4. The number of amides is 2. The van der Waals surface area contributed by atoms with Gasteiger partial charge in [-0.1, -0.05) is 13.8 Å². The van der Waals surface area contributed by atoms with Gasteiger partial charge in [-0.2, -0.15) is 11.3 Å². The number of thioether (sulfide) groups is 1. The van der Waals surface area contributed by atoms with Crippen molar-refractivity contribution in [1.29, 1.82) is 0 Å². The monoisotopic (exact) mass is 312 g/mol. The van der Waals surface area contributed by atoms with Gasteiger partial charge < -0.3 is 10.2 Å². The third-order valence-corrected chi connectivity index (χ3v) is 5.24. The maximum Gasteiger partial charge on any atom is 0.242 e. The fourth-order valence-electron chi connectivity index (χ4n) is 2.41. The van der Waals surface area contributed by atoms with Crippen LogP contribution in [-0.2, 0) is 9.59 Å². The van der Waals surface area contributed by atoms with E-state index in [1.54, 1.807) is 35.0 Å². The first-order valence-corrected chi connectivity index (χ1v) is 8.70. The third kappa shape index (κ3) is 3.17. The van der Waals surface area contributed by atoms with E-state index < -0.39 is 0 Å². The molecule has 0 aromatic carbocycles. The van der Waals surface area contributed by atoms with E-state index in [0.717, 1.165) is 5.56 Å². The Hall–Kier alpha value is -1.01. The number of likely N-dealkylation sites (N-methyl/N-ethyl adjacent to an activating group) is 1. The fraction of sp³-hybridized carbons (Fsp3) is 0.571. The summed E-state index contributed by atoms with van der Waals surface area (Å²) in [6.45, 7) is 4.15. The zero-order chi connectivity index (χ0) is 14.7. The molecule has 0 radical (unpaired) electrons. The molecule has 1 aliphatic heterocycles. The lowest BCUT2D eigenvalue weighted by Crippen LogP contribution is -2.48. The Morgan fingerprint density at radius 1 is 1.55 bits per heavy atom. The summed E-state index contributed by atoms with van der Waals surface area (Å²) < 4.78 is 0. The van der Waals surface area contributed by atoms with Crippen LogP contribution in [0, 0.1) is 5.92 Å². The van der Waals surface area contributed by atoms with Crippen LogP contribution >= 0.6 is 23.1 Å². The topological polar surface area (TPSA) is 49.4 Å². The number of carbonyl (C=O) groups is 2. The van der Waals surface area contributed by atoms with Gasteiger partial charge in [-0.25, -0.2) is 0 Å². The minimum atomic E-state index is -0.382. The van der Waals surface area contributed by atoms with Crippen molar-refractivity contribution < 1.29 is 9.59 Å². The van der Waals surface area contributed by atoms with Crippen LogP contribution in [0.15, 0.2) is 16.8 Å². The summed E-state index contributed by atoms with van der Waals surface area (Å²) in [6.07, 6.45) is 0.687. The molecule has 1 aliphatic rings. The van der Waals surface area contributed by atoms with Gasteiger partial charge >= 0.3 is 0 Å². The number of hydrogen-bond donors (Lipinski definition) is 1. The Kier molecular flexibility index (Phi) is 5.10. The zero-order valence-electron chi connectivity index (χ0n) is 12.0. The molecule has 1 aromatic heterocycles. The zero-order valence-corrected chi connectivity index (χ0v) is 13.6. The Balaban J connectivity index is 2.28. The highest BCUT2D eigenvalue weighted by Crippen LogP contribution is 2.41. The minimum absolute atomic E-state index is 0.0326. The lowest BCUT2D eigenvalue weighted by atomic mass is 10.0. The summed E-state index contributed by atoms with van der Waals surface area (Å²) in [5, 5.41) is 6.72. The third-order valence-electron chi connectivity index (χ3n) is 3.31. The molecule has 4 nitrogen and oxygen atoms in total. The summed E-state index contributed by atoms with van der Waals surface area (Å²) in [5.41, 5.74) is 1.11. The van der Waals surface area contributed by atoms with Crippen molar-refractivity contribution in [2.45, 2.75) is 31.7 Å². The van der Waals surface area contributed by atoms with Gasteiger partial charge in [0.25, 0.3) is 0 Å². The number of thiophene rings is 1. The van der Waals surface area contributed by atoms with Crippen LogP contribution in [0.5, 0.6) is 0 Å². The first-order valence-electron chi connectivity index (χ1n) is 6.71. The molecule has 2 atom stereocenters. The fourth-order valence-corrected chi connectivity index (χ4v) is 4.38. The maximum atomic E-state index is 12.3. The molecule has 6 heteroatoms. The average molecular weight is 312 g/mol. The molecule has 1 N–H and O–H groups in total. The first-order chi connectivity index (χ1) is 9.54. The van der Waals surface area contributed by atoms with Crippen LogP contribution in [0.4, 0.5) is 0 Å². The van der Waals surface area contributed by atoms with Gasteiger partial charge in [0, 0.05) is 7.05 Å². The van der Waals surface area contributed by atoms with Crippen LogP contribution in [0.3, 0.4) is 0 Å². The number of nitrogens with one attached hydrogen (secondary N) is 1. The van der Waals surface area contributed by atoms with E-state index in [1.165, 1.54) is 0 Å². The molecule has 0 spiro atoms. The molecule has 1 aromatic rings. The molecule has 0 saturated carbocycles. The highest BCUT2D eigenvalue weighted by Gasteiger charge is 2.40. The molecule has 1 fully saturated rings. The Morgan fingerprint density at radius 2 is 2.30 bits per heavy atom.